The molecule has 27 heavy (non-hydrogen) atoms. The normalized spacial score (nSPS) is 23.2. The van der Waals surface area contributed by atoms with Crippen molar-refractivity contribution in [1.29, 1.82) is 0 Å². The molecule has 2 aromatic rings. The highest BCUT2D eigenvalue weighted by Gasteiger charge is 2.46. The van der Waals surface area contributed by atoms with Crippen LogP contribution in [0.4, 0.5) is 27.6 Å². The molecule has 9 heteroatoms. The van der Waals surface area contributed by atoms with Gasteiger partial charge < -0.3 is 9.64 Å². The SMILES string of the molecule is Fc1c(F)c(F)c(N2CN3C(=N2)CO[C@@H]2Cc4ccccc4C23)c(F)c1F. The zero-order valence-corrected chi connectivity index (χ0v) is 13.7. The van der Waals surface area contributed by atoms with Gasteiger partial charge in [0.25, 0.3) is 0 Å². The molecule has 1 unspecified atom stereocenters. The Bertz CT molecular complexity index is 966. The molecular formula is C18H12F5N3O. The number of rotatable bonds is 1. The average molecular weight is 381 g/mol. The summed E-state index contributed by atoms with van der Waals surface area (Å²) in [6.45, 7) is -0.0341. The summed E-state index contributed by atoms with van der Waals surface area (Å²) in [5.41, 5.74) is 1.05. The minimum atomic E-state index is -2.19. The predicted octanol–water partition coefficient (Wildman–Crippen LogP) is 3.47. The number of amidine groups is 1. The lowest BCUT2D eigenvalue weighted by Gasteiger charge is -2.36. The van der Waals surface area contributed by atoms with Crippen LogP contribution in [0.3, 0.4) is 0 Å². The van der Waals surface area contributed by atoms with Gasteiger partial charge in [-0.2, -0.15) is 5.10 Å². The Morgan fingerprint density at radius 2 is 1.59 bits per heavy atom. The van der Waals surface area contributed by atoms with E-state index in [2.05, 4.69) is 5.10 Å². The van der Waals surface area contributed by atoms with Crippen LogP contribution in [0.5, 0.6) is 0 Å². The van der Waals surface area contributed by atoms with Gasteiger partial charge in [-0.3, -0.25) is 0 Å². The summed E-state index contributed by atoms with van der Waals surface area (Å²) in [6, 6.07) is 7.49. The predicted molar refractivity (Wildman–Crippen MR) is 85.5 cm³/mol. The molecule has 0 bridgehead atoms. The minimum absolute atomic E-state index is 0.0983. The fourth-order valence-corrected chi connectivity index (χ4v) is 3.99. The van der Waals surface area contributed by atoms with E-state index in [-0.39, 0.29) is 25.4 Å². The van der Waals surface area contributed by atoms with E-state index in [0.29, 0.717) is 12.3 Å². The number of hydrogen-bond acceptors (Lipinski definition) is 4. The first-order valence-electron chi connectivity index (χ1n) is 8.30. The molecule has 5 rings (SSSR count). The fraction of sp³-hybridized carbons (Fsp3) is 0.278. The summed E-state index contributed by atoms with van der Waals surface area (Å²) in [5, 5.41) is 4.87. The second kappa shape index (κ2) is 5.66. The summed E-state index contributed by atoms with van der Waals surface area (Å²) in [5.74, 6) is -9.59. The third-order valence-electron chi connectivity index (χ3n) is 5.21. The van der Waals surface area contributed by atoms with E-state index in [0.717, 1.165) is 16.1 Å². The zero-order chi connectivity index (χ0) is 18.9. The lowest BCUT2D eigenvalue weighted by atomic mass is 10.1. The Balaban J connectivity index is 1.55. The second-order valence-electron chi connectivity index (χ2n) is 6.64. The lowest BCUT2D eigenvalue weighted by Crippen LogP contribution is -2.46. The van der Waals surface area contributed by atoms with Gasteiger partial charge in [-0.05, 0) is 11.1 Å². The summed E-state index contributed by atoms with van der Waals surface area (Å²) in [6.07, 6.45) is 0.533. The molecular weight excluding hydrogens is 369 g/mol. The molecule has 4 nitrogen and oxygen atoms in total. The van der Waals surface area contributed by atoms with Gasteiger partial charge >= 0.3 is 0 Å². The maximum Gasteiger partial charge on any atom is 0.200 e. The second-order valence-corrected chi connectivity index (χ2v) is 6.64. The van der Waals surface area contributed by atoms with Gasteiger partial charge in [0.2, 0.25) is 5.82 Å². The van der Waals surface area contributed by atoms with Crippen molar-refractivity contribution < 1.29 is 26.7 Å². The number of fused-ring (bicyclic) bond motifs is 5. The maximum absolute atomic E-state index is 14.2. The molecule has 0 spiro atoms. The summed E-state index contributed by atoms with van der Waals surface area (Å²) in [7, 11) is 0. The van der Waals surface area contributed by atoms with E-state index in [4.69, 9.17) is 4.74 Å². The number of nitrogens with zero attached hydrogens (tertiary/aromatic N) is 3. The van der Waals surface area contributed by atoms with Crippen LogP contribution in [0.2, 0.25) is 0 Å². The Morgan fingerprint density at radius 3 is 2.33 bits per heavy atom. The van der Waals surface area contributed by atoms with Crippen molar-refractivity contribution in [2.75, 3.05) is 18.3 Å². The third-order valence-corrected chi connectivity index (χ3v) is 5.21. The number of morpholine rings is 1. The largest absolute Gasteiger partial charge is 0.367 e. The molecule has 1 aliphatic carbocycles. The van der Waals surface area contributed by atoms with Crippen LogP contribution in [0.25, 0.3) is 0 Å². The maximum atomic E-state index is 14.2. The van der Waals surface area contributed by atoms with E-state index in [9.17, 15) is 22.0 Å². The molecule has 3 aliphatic rings. The van der Waals surface area contributed by atoms with Gasteiger partial charge in [0.15, 0.2) is 29.1 Å². The molecule has 2 aromatic carbocycles. The molecule has 0 saturated carbocycles. The third kappa shape index (κ3) is 2.21. The molecule has 2 aliphatic heterocycles. The number of halogens is 5. The fourth-order valence-electron chi connectivity index (χ4n) is 3.99. The van der Waals surface area contributed by atoms with Crippen molar-refractivity contribution in [3.05, 3.63) is 64.5 Å². The Kier molecular flexibility index (Phi) is 3.45. The van der Waals surface area contributed by atoms with Gasteiger partial charge in [0.1, 0.15) is 19.0 Å². The van der Waals surface area contributed by atoms with Crippen molar-refractivity contribution in [3.63, 3.8) is 0 Å². The van der Waals surface area contributed by atoms with E-state index >= 15 is 0 Å². The Morgan fingerprint density at radius 1 is 0.926 bits per heavy atom. The highest BCUT2D eigenvalue weighted by molar-refractivity contribution is 5.88. The Hall–Kier alpha value is -2.68. The quantitative estimate of drug-likeness (QED) is 0.430. The van der Waals surface area contributed by atoms with Crippen molar-refractivity contribution >= 4 is 11.5 Å². The standard InChI is InChI=1S/C18H12F5N3O/c19-12-13(20)15(22)18(16(23)14(12)21)26-7-25-11(24-26)6-27-10-5-8-3-1-2-4-9(8)17(10)25/h1-4,10,17H,5-7H2/t10-,17?/m1/s1. The Labute approximate surface area is 150 Å². The monoisotopic (exact) mass is 381 g/mol. The number of ether oxygens (including phenoxy) is 1. The number of benzene rings is 2. The van der Waals surface area contributed by atoms with Crippen molar-refractivity contribution in [3.8, 4) is 0 Å². The topological polar surface area (TPSA) is 28.1 Å². The van der Waals surface area contributed by atoms with Crippen LogP contribution in [0, 0.1) is 29.1 Å². The van der Waals surface area contributed by atoms with Crippen LogP contribution in [-0.2, 0) is 11.2 Å². The summed E-state index contributed by atoms with van der Waals surface area (Å²) >= 11 is 0. The number of hydrazone groups is 1. The van der Waals surface area contributed by atoms with Crippen molar-refractivity contribution in [2.24, 2.45) is 5.10 Å². The van der Waals surface area contributed by atoms with E-state index in [1.54, 1.807) is 4.90 Å². The number of anilines is 1. The molecule has 0 N–H and O–H groups in total. The molecule has 0 aromatic heterocycles. The molecule has 0 radical (unpaired) electrons. The van der Waals surface area contributed by atoms with Crippen molar-refractivity contribution in [1.82, 2.24) is 4.90 Å². The first-order valence-corrected chi connectivity index (χ1v) is 8.30. The molecule has 1 fully saturated rings. The smallest absolute Gasteiger partial charge is 0.200 e. The van der Waals surface area contributed by atoms with Gasteiger partial charge in [-0.15, -0.1) is 0 Å². The van der Waals surface area contributed by atoms with E-state index < -0.39 is 34.8 Å². The first-order chi connectivity index (χ1) is 13.0. The van der Waals surface area contributed by atoms with Gasteiger partial charge in [-0.1, -0.05) is 24.3 Å². The summed E-state index contributed by atoms with van der Waals surface area (Å²) < 4.78 is 74.6. The van der Waals surface area contributed by atoms with Gasteiger partial charge in [-0.25, -0.2) is 27.0 Å². The molecule has 140 valence electrons. The van der Waals surface area contributed by atoms with Crippen LogP contribution in [0.15, 0.2) is 29.4 Å². The molecule has 1 saturated heterocycles. The minimum Gasteiger partial charge on any atom is -0.367 e. The molecule has 2 atom stereocenters. The number of hydrogen-bond donors (Lipinski definition) is 0. The van der Waals surface area contributed by atoms with Crippen LogP contribution in [0.1, 0.15) is 17.2 Å². The highest BCUT2D eigenvalue weighted by Crippen LogP contribution is 2.43. The molecule has 0 amide bonds. The molecule has 2 heterocycles. The van der Waals surface area contributed by atoms with E-state index in [1.807, 2.05) is 24.3 Å². The van der Waals surface area contributed by atoms with Crippen LogP contribution in [-0.4, -0.2) is 30.1 Å². The highest BCUT2D eigenvalue weighted by atomic mass is 19.2. The zero-order valence-electron chi connectivity index (χ0n) is 13.7. The lowest BCUT2D eigenvalue weighted by molar-refractivity contribution is 0.00535. The first kappa shape index (κ1) is 16.5. The summed E-state index contributed by atoms with van der Waals surface area (Å²) in [4.78, 5) is 1.79. The van der Waals surface area contributed by atoms with E-state index in [1.165, 1.54) is 0 Å². The van der Waals surface area contributed by atoms with Gasteiger partial charge in [0, 0.05) is 6.42 Å². The van der Waals surface area contributed by atoms with Crippen LogP contribution >= 0.6 is 0 Å². The van der Waals surface area contributed by atoms with Crippen LogP contribution < -0.4 is 5.01 Å². The van der Waals surface area contributed by atoms with Crippen molar-refractivity contribution in [2.45, 2.75) is 18.6 Å². The van der Waals surface area contributed by atoms with Gasteiger partial charge in [0.05, 0.1) is 12.1 Å². The average Bonchev–Trinajstić information content (AvgIpc) is 3.25.